The van der Waals surface area contributed by atoms with Gasteiger partial charge in [0.1, 0.15) is 11.5 Å². The van der Waals surface area contributed by atoms with E-state index >= 15 is 0 Å². The quantitative estimate of drug-likeness (QED) is 0.830. The van der Waals surface area contributed by atoms with Crippen LogP contribution >= 0.6 is 0 Å². The van der Waals surface area contributed by atoms with Crippen molar-refractivity contribution in [2.24, 2.45) is 0 Å². The second-order valence-corrected chi connectivity index (χ2v) is 5.05. The van der Waals surface area contributed by atoms with Crippen LogP contribution in [0, 0.1) is 0 Å². The molecule has 4 heterocycles. The van der Waals surface area contributed by atoms with Crippen molar-refractivity contribution in [3.63, 3.8) is 0 Å². The van der Waals surface area contributed by atoms with Gasteiger partial charge in [-0.1, -0.05) is 0 Å². The van der Waals surface area contributed by atoms with Crippen LogP contribution in [-0.2, 0) is 0 Å². The summed E-state index contributed by atoms with van der Waals surface area (Å²) in [4.78, 5) is 7.91. The molecule has 3 atom stereocenters. The van der Waals surface area contributed by atoms with E-state index in [1.54, 1.807) is 6.26 Å². The lowest BCUT2D eigenvalue weighted by atomic mass is 9.89. The number of aromatic amines is 1. The molecule has 88 valence electrons. The van der Waals surface area contributed by atoms with Gasteiger partial charge in [0.2, 0.25) is 0 Å². The summed E-state index contributed by atoms with van der Waals surface area (Å²) in [7, 11) is 0. The average molecular weight is 229 g/mol. The predicted octanol–water partition coefficient (Wildman–Crippen LogP) is 2.28. The highest BCUT2D eigenvalue weighted by Gasteiger charge is 2.41. The molecule has 2 aromatic rings. The first-order valence-corrected chi connectivity index (χ1v) is 6.25. The fourth-order valence-corrected chi connectivity index (χ4v) is 3.21. The van der Waals surface area contributed by atoms with Crippen LogP contribution in [0.3, 0.4) is 0 Å². The Morgan fingerprint density at radius 1 is 1.35 bits per heavy atom. The first-order chi connectivity index (χ1) is 8.40. The van der Waals surface area contributed by atoms with Crippen molar-refractivity contribution < 1.29 is 4.42 Å². The highest BCUT2D eigenvalue weighted by atomic mass is 16.3. The average Bonchev–Trinajstić information content (AvgIpc) is 3.12. The van der Waals surface area contributed by atoms with Crippen LogP contribution in [-0.4, -0.2) is 22.1 Å². The molecule has 0 spiro atoms. The number of rotatable bonds is 2. The Bertz CT molecular complexity index is 517. The molecule has 3 unspecified atom stereocenters. The van der Waals surface area contributed by atoms with Crippen LogP contribution < -0.4 is 5.32 Å². The van der Waals surface area contributed by atoms with Gasteiger partial charge in [-0.25, -0.2) is 4.98 Å². The van der Waals surface area contributed by atoms with Gasteiger partial charge in [0, 0.05) is 18.0 Å². The van der Waals surface area contributed by atoms with E-state index in [0.717, 1.165) is 17.3 Å². The number of hydrogen-bond acceptors (Lipinski definition) is 3. The molecule has 0 amide bonds. The Balaban J connectivity index is 1.63. The van der Waals surface area contributed by atoms with Crippen LogP contribution in [0.1, 0.15) is 31.0 Å². The molecule has 0 radical (unpaired) electrons. The summed E-state index contributed by atoms with van der Waals surface area (Å²) in [5.74, 6) is 2.52. The molecule has 2 fully saturated rings. The standard InChI is InChI=1S/C13H15N3O/c1-2-12(17-5-1)11-7-14-13(16-11)9-6-8-3-4-10(9)15-8/h1-2,5,7-10,15H,3-4,6H2,(H,14,16). The lowest BCUT2D eigenvalue weighted by Crippen LogP contribution is -2.22. The minimum Gasteiger partial charge on any atom is -0.463 e. The van der Waals surface area contributed by atoms with Crippen LogP contribution in [0.15, 0.2) is 29.0 Å². The zero-order chi connectivity index (χ0) is 11.2. The van der Waals surface area contributed by atoms with E-state index in [1.807, 2.05) is 18.3 Å². The SMILES string of the molecule is c1coc(-c2cnc(C3CC4CCC3N4)[nH]2)c1. The first kappa shape index (κ1) is 9.48. The van der Waals surface area contributed by atoms with E-state index in [4.69, 9.17) is 4.42 Å². The topological polar surface area (TPSA) is 53.9 Å². The van der Waals surface area contributed by atoms with Crippen molar-refractivity contribution in [1.29, 1.82) is 0 Å². The van der Waals surface area contributed by atoms with Crippen molar-refractivity contribution in [3.8, 4) is 11.5 Å². The maximum Gasteiger partial charge on any atom is 0.151 e. The first-order valence-electron chi connectivity index (χ1n) is 6.25. The lowest BCUT2D eigenvalue weighted by molar-refractivity contribution is 0.489. The second kappa shape index (κ2) is 3.47. The highest BCUT2D eigenvalue weighted by molar-refractivity contribution is 5.50. The molecule has 2 aromatic heterocycles. The van der Waals surface area contributed by atoms with Gasteiger partial charge in [-0.15, -0.1) is 0 Å². The number of imidazole rings is 1. The molecule has 2 bridgehead atoms. The number of nitrogens with one attached hydrogen (secondary N) is 2. The van der Waals surface area contributed by atoms with E-state index in [0.29, 0.717) is 18.0 Å². The number of aromatic nitrogens is 2. The third kappa shape index (κ3) is 1.44. The molecule has 0 aliphatic carbocycles. The smallest absolute Gasteiger partial charge is 0.151 e. The van der Waals surface area contributed by atoms with Crippen molar-refractivity contribution in [2.75, 3.05) is 0 Å². The van der Waals surface area contributed by atoms with Crippen molar-refractivity contribution in [1.82, 2.24) is 15.3 Å². The third-order valence-corrected chi connectivity index (χ3v) is 4.03. The molecule has 0 aromatic carbocycles. The summed E-state index contributed by atoms with van der Waals surface area (Å²) >= 11 is 0. The minimum atomic E-state index is 0.553. The maximum atomic E-state index is 5.37. The molecule has 4 nitrogen and oxygen atoms in total. The zero-order valence-corrected chi connectivity index (χ0v) is 9.52. The number of furan rings is 1. The van der Waals surface area contributed by atoms with E-state index in [9.17, 15) is 0 Å². The van der Waals surface area contributed by atoms with Gasteiger partial charge in [-0.05, 0) is 31.4 Å². The molecule has 2 aliphatic heterocycles. The molecule has 4 heteroatoms. The maximum absolute atomic E-state index is 5.37. The number of hydrogen-bond donors (Lipinski definition) is 2. The largest absolute Gasteiger partial charge is 0.463 e. The Morgan fingerprint density at radius 2 is 2.35 bits per heavy atom. The monoisotopic (exact) mass is 229 g/mol. The summed E-state index contributed by atoms with van der Waals surface area (Å²) in [5.41, 5.74) is 0.979. The molecule has 2 N–H and O–H groups in total. The van der Waals surface area contributed by atoms with Crippen LogP contribution in [0.25, 0.3) is 11.5 Å². The summed E-state index contributed by atoms with van der Waals surface area (Å²) in [6.07, 6.45) is 7.39. The molecule has 4 rings (SSSR count). The van der Waals surface area contributed by atoms with Crippen molar-refractivity contribution in [2.45, 2.75) is 37.3 Å². The summed E-state index contributed by atoms with van der Waals surface area (Å²) < 4.78 is 5.37. The van der Waals surface area contributed by atoms with E-state index < -0.39 is 0 Å². The third-order valence-electron chi connectivity index (χ3n) is 4.03. The Hall–Kier alpha value is -1.55. The van der Waals surface area contributed by atoms with E-state index in [1.165, 1.54) is 19.3 Å². The summed E-state index contributed by atoms with van der Waals surface area (Å²) in [6, 6.07) is 5.18. The molecule has 17 heavy (non-hydrogen) atoms. The molecule has 2 aliphatic rings. The fraction of sp³-hybridized carbons (Fsp3) is 0.462. The highest BCUT2D eigenvalue weighted by Crippen LogP contribution is 2.39. The summed E-state index contributed by atoms with van der Waals surface area (Å²) in [6.45, 7) is 0. The van der Waals surface area contributed by atoms with Gasteiger partial charge in [-0.3, -0.25) is 0 Å². The van der Waals surface area contributed by atoms with Gasteiger partial charge in [0.05, 0.1) is 12.5 Å². The normalized spacial score (nSPS) is 31.2. The van der Waals surface area contributed by atoms with Gasteiger partial charge >= 0.3 is 0 Å². The lowest BCUT2D eigenvalue weighted by Gasteiger charge is -2.17. The van der Waals surface area contributed by atoms with Crippen LogP contribution in [0.5, 0.6) is 0 Å². The Labute approximate surface area is 99.4 Å². The van der Waals surface area contributed by atoms with E-state index in [2.05, 4.69) is 15.3 Å². The number of nitrogens with zero attached hydrogens (tertiary/aromatic N) is 1. The van der Waals surface area contributed by atoms with E-state index in [-0.39, 0.29) is 0 Å². The van der Waals surface area contributed by atoms with Gasteiger partial charge in [0.15, 0.2) is 5.76 Å². The Kier molecular flexibility index (Phi) is 1.93. The van der Waals surface area contributed by atoms with Gasteiger partial charge in [-0.2, -0.15) is 0 Å². The molecular formula is C13H15N3O. The predicted molar refractivity (Wildman–Crippen MR) is 63.6 cm³/mol. The van der Waals surface area contributed by atoms with Gasteiger partial charge in [0.25, 0.3) is 0 Å². The Morgan fingerprint density at radius 3 is 3.06 bits per heavy atom. The summed E-state index contributed by atoms with van der Waals surface area (Å²) in [5, 5.41) is 3.64. The molecule has 2 saturated heterocycles. The van der Waals surface area contributed by atoms with Gasteiger partial charge < -0.3 is 14.7 Å². The van der Waals surface area contributed by atoms with Crippen LogP contribution in [0.4, 0.5) is 0 Å². The minimum absolute atomic E-state index is 0.553. The fourth-order valence-electron chi connectivity index (χ4n) is 3.21. The van der Waals surface area contributed by atoms with Crippen LogP contribution in [0.2, 0.25) is 0 Å². The molecule has 0 saturated carbocycles. The number of H-pyrrole nitrogens is 1. The second-order valence-electron chi connectivity index (χ2n) is 5.05. The zero-order valence-electron chi connectivity index (χ0n) is 9.52. The van der Waals surface area contributed by atoms with Crippen molar-refractivity contribution >= 4 is 0 Å². The molecular weight excluding hydrogens is 214 g/mol. The van der Waals surface area contributed by atoms with Crippen molar-refractivity contribution in [3.05, 3.63) is 30.4 Å². The number of fused-ring (bicyclic) bond motifs is 2.